The Kier molecular flexibility index (Phi) is 5.82. The van der Waals surface area contributed by atoms with Gasteiger partial charge in [0.25, 0.3) is 0 Å². The lowest BCUT2D eigenvalue weighted by Crippen LogP contribution is -2.33. The molecule has 0 saturated heterocycles. The summed E-state index contributed by atoms with van der Waals surface area (Å²) in [6.45, 7) is 5.08. The molecule has 1 N–H and O–H groups in total. The molecule has 0 heterocycles. The topological polar surface area (TPSA) is 46.2 Å². The molecule has 1 fully saturated rings. The standard InChI is InChI=1S/C17H27NO2S/c1-3-18-17-9-5-8-16(17)10-11-21(19,20)13-15-7-4-6-14(2)12-15/h4,6-7,12,16-18H,3,5,8-11,13H2,1-2H3. The molecule has 1 aliphatic carbocycles. The van der Waals surface area contributed by atoms with Crippen molar-refractivity contribution in [3.8, 4) is 0 Å². The van der Waals surface area contributed by atoms with Crippen molar-refractivity contribution in [1.29, 1.82) is 0 Å². The number of sulfone groups is 1. The number of rotatable bonds is 7. The van der Waals surface area contributed by atoms with Gasteiger partial charge in [0.2, 0.25) is 0 Å². The summed E-state index contributed by atoms with van der Waals surface area (Å²) in [7, 11) is -3.01. The first-order valence-corrected chi connectivity index (χ1v) is 9.81. The van der Waals surface area contributed by atoms with Crippen molar-refractivity contribution in [1.82, 2.24) is 5.32 Å². The number of nitrogens with one attached hydrogen (secondary N) is 1. The molecular weight excluding hydrogens is 282 g/mol. The summed E-state index contributed by atoms with van der Waals surface area (Å²) < 4.78 is 24.6. The fraction of sp³-hybridized carbons (Fsp3) is 0.647. The molecule has 0 spiro atoms. The molecule has 0 aromatic heterocycles. The average molecular weight is 309 g/mol. The molecule has 1 saturated carbocycles. The zero-order valence-corrected chi connectivity index (χ0v) is 14.0. The minimum atomic E-state index is -3.01. The van der Waals surface area contributed by atoms with Crippen molar-refractivity contribution in [2.45, 2.75) is 51.3 Å². The number of aryl methyl sites for hydroxylation is 1. The van der Waals surface area contributed by atoms with E-state index < -0.39 is 9.84 Å². The highest BCUT2D eigenvalue weighted by atomic mass is 32.2. The summed E-state index contributed by atoms with van der Waals surface area (Å²) in [5.41, 5.74) is 2.02. The summed E-state index contributed by atoms with van der Waals surface area (Å²) in [6, 6.07) is 8.31. The van der Waals surface area contributed by atoms with Gasteiger partial charge in [0.1, 0.15) is 0 Å². The zero-order chi connectivity index (χ0) is 15.3. The molecule has 3 nitrogen and oxygen atoms in total. The first-order valence-electron chi connectivity index (χ1n) is 7.99. The molecule has 2 rings (SSSR count). The predicted octanol–water partition coefficient (Wildman–Crippen LogP) is 3.08. The lowest BCUT2D eigenvalue weighted by molar-refractivity contribution is 0.398. The fourth-order valence-electron chi connectivity index (χ4n) is 3.37. The van der Waals surface area contributed by atoms with Crippen LogP contribution >= 0.6 is 0 Å². The normalized spacial score (nSPS) is 22.6. The number of benzene rings is 1. The molecule has 0 bridgehead atoms. The summed E-state index contributed by atoms with van der Waals surface area (Å²) in [4.78, 5) is 0. The summed E-state index contributed by atoms with van der Waals surface area (Å²) in [6.07, 6.45) is 4.38. The highest BCUT2D eigenvalue weighted by Gasteiger charge is 2.27. The Morgan fingerprint density at radius 3 is 2.81 bits per heavy atom. The molecule has 2 unspecified atom stereocenters. The maximum atomic E-state index is 12.3. The molecule has 1 aliphatic rings. The van der Waals surface area contributed by atoms with Gasteiger partial charge in [0, 0.05) is 6.04 Å². The van der Waals surface area contributed by atoms with E-state index in [1.165, 1.54) is 12.8 Å². The summed E-state index contributed by atoms with van der Waals surface area (Å²) in [5, 5.41) is 3.49. The molecular formula is C17H27NO2S. The van der Waals surface area contributed by atoms with Crippen molar-refractivity contribution in [3.05, 3.63) is 35.4 Å². The Morgan fingerprint density at radius 2 is 2.10 bits per heavy atom. The monoisotopic (exact) mass is 309 g/mol. The number of hydrogen-bond acceptors (Lipinski definition) is 3. The minimum absolute atomic E-state index is 0.174. The second kappa shape index (κ2) is 7.41. The van der Waals surface area contributed by atoms with E-state index in [1.807, 2.05) is 31.2 Å². The van der Waals surface area contributed by atoms with Gasteiger partial charge in [0.05, 0.1) is 11.5 Å². The molecule has 4 heteroatoms. The molecule has 0 radical (unpaired) electrons. The highest BCUT2D eigenvalue weighted by molar-refractivity contribution is 7.90. The average Bonchev–Trinajstić information content (AvgIpc) is 2.84. The van der Waals surface area contributed by atoms with Gasteiger partial charge in [-0.15, -0.1) is 0 Å². The Labute approximate surface area is 129 Å². The fourth-order valence-corrected chi connectivity index (χ4v) is 4.87. The van der Waals surface area contributed by atoms with Gasteiger partial charge in [-0.25, -0.2) is 8.42 Å². The van der Waals surface area contributed by atoms with Crippen LogP contribution in [0.4, 0.5) is 0 Å². The van der Waals surface area contributed by atoms with Crippen LogP contribution in [0.2, 0.25) is 0 Å². The van der Waals surface area contributed by atoms with Gasteiger partial charge in [-0.3, -0.25) is 0 Å². The summed E-state index contributed by atoms with van der Waals surface area (Å²) in [5.74, 6) is 1.01. The van der Waals surface area contributed by atoms with Crippen molar-refractivity contribution in [3.63, 3.8) is 0 Å². The van der Waals surface area contributed by atoms with Gasteiger partial charge < -0.3 is 5.32 Å². The van der Waals surface area contributed by atoms with E-state index in [9.17, 15) is 8.42 Å². The third-order valence-electron chi connectivity index (χ3n) is 4.39. The Bertz CT molecular complexity index is 554. The summed E-state index contributed by atoms with van der Waals surface area (Å²) >= 11 is 0. The van der Waals surface area contributed by atoms with Gasteiger partial charge in [-0.1, -0.05) is 43.2 Å². The molecule has 1 aromatic carbocycles. The van der Waals surface area contributed by atoms with E-state index in [0.29, 0.717) is 17.7 Å². The van der Waals surface area contributed by atoms with Gasteiger partial charge in [-0.05, 0) is 44.2 Å². The Balaban J connectivity index is 1.89. The van der Waals surface area contributed by atoms with Crippen molar-refractivity contribution in [2.75, 3.05) is 12.3 Å². The van der Waals surface area contributed by atoms with E-state index in [4.69, 9.17) is 0 Å². The van der Waals surface area contributed by atoms with Crippen LogP contribution in [-0.2, 0) is 15.6 Å². The second-order valence-corrected chi connectivity index (χ2v) is 8.41. The third-order valence-corrected chi connectivity index (χ3v) is 6.02. The van der Waals surface area contributed by atoms with E-state index in [-0.39, 0.29) is 5.75 Å². The van der Waals surface area contributed by atoms with Crippen LogP contribution in [0.25, 0.3) is 0 Å². The van der Waals surface area contributed by atoms with E-state index in [0.717, 1.165) is 30.5 Å². The first-order chi connectivity index (χ1) is 10.00. The largest absolute Gasteiger partial charge is 0.314 e. The second-order valence-electron chi connectivity index (χ2n) is 6.22. The van der Waals surface area contributed by atoms with E-state index >= 15 is 0 Å². The van der Waals surface area contributed by atoms with Crippen LogP contribution in [0, 0.1) is 12.8 Å². The Morgan fingerprint density at radius 1 is 1.29 bits per heavy atom. The van der Waals surface area contributed by atoms with E-state index in [1.54, 1.807) is 0 Å². The van der Waals surface area contributed by atoms with Crippen molar-refractivity contribution >= 4 is 9.84 Å². The highest BCUT2D eigenvalue weighted by Crippen LogP contribution is 2.29. The number of hydrogen-bond donors (Lipinski definition) is 1. The van der Waals surface area contributed by atoms with Crippen molar-refractivity contribution < 1.29 is 8.42 Å². The lowest BCUT2D eigenvalue weighted by atomic mass is 10.0. The molecule has 118 valence electrons. The van der Waals surface area contributed by atoms with E-state index in [2.05, 4.69) is 12.2 Å². The van der Waals surface area contributed by atoms with Crippen LogP contribution in [0.1, 0.15) is 43.7 Å². The molecule has 1 aromatic rings. The third kappa shape index (κ3) is 5.11. The van der Waals surface area contributed by atoms with Crippen molar-refractivity contribution in [2.24, 2.45) is 5.92 Å². The van der Waals surface area contributed by atoms with Crippen LogP contribution in [-0.4, -0.2) is 26.8 Å². The van der Waals surface area contributed by atoms with Gasteiger partial charge in [-0.2, -0.15) is 0 Å². The zero-order valence-electron chi connectivity index (χ0n) is 13.1. The van der Waals surface area contributed by atoms with Crippen LogP contribution in [0.5, 0.6) is 0 Å². The predicted molar refractivity (Wildman–Crippen MR) is 88.1 cm³/mol. The van der Waals surface area contributed by atoms with Crippen LogP contribution < -0.4 is 5.32 Å². The van der Waals surface area contributed by atoms with Gasteiger partial charge in [0.15, 0.2) is 9.84 Å². The SMILES string of the molecule is CCNC1CCCC1CCS(=O)(=O)Cc1cccc(C)c1. The quantitative estimate of drug-likeness (QED) is 0.842. The molecule has 21 heavy (non-hydrogen) atoms. The van der Waals surface area contributed by atoms with Gasteiger partial charge >= 0.3 is 0 Å². The minimum Gasteiger partial charge on any atom is -0.314 e. The lowest BCUT2D eigenvalue weighted by Gasteiger charge is -2.20. The maximum absolute atomic E-state index is 12.3. The van der Waals surface area contributed by atoms with Crippen LogP contribution in [0.3, 0.4) is 0 Å². The smallest absolute Gasteiger partial charge is 0.154 e. The Hall–Kier alpha value is -0.870. The maximum Gasteiger partial charge on any atom is 0.154 e. The molecule has 2 atom stereocenters. The molecule has 0 aliphatic heterocycles. The molecule has 0 amide bonds. The van der Waals surface area contributed by atoms with Crippen LogP contribution in [0.15, 0.2) is 24.3 Å². The first kappa shape index (κ1) is 16.5.